The van der Waals surface area contributed by atoms with E-state index in [1.54, 1.807) is 12.4 Å². The molecule has 0 amide bonds. The number of piperidine rings is 1. The number of aliphatic hydroxyl groups is 1. The van der Waals surface area contributed by atoms with E-state index in [1.807, 2.05) is 17.0 Å². The smallest absolute Gasteiger partial charge is 0.255 e. The molecule has 0 aromatic carbocycles. The summed E-state index contributed by atoms with van der Waals surface area (Å²) in [5.41, 5.74) is -0.0817. The van der Waals surface area contributed by atoms with Crippen molar-refractivity contribution in [2.75, 3.05) is 25.1 Å². The second kappa shape index (κ2) is 5.84. The van der Waals surface area contributed by atoms with Crippen LogP contribution in [-0.2, 0) is 5.60 Å². The summed E-state index contributed by atoms with van der Waals surface area (Å²) in [6.07, 6.45) is 5.53. The first-order valence-corrected chi connectivity index (χ1v) is 7.07. The molecular formula is C15H17FN4O2. The van der Waals surface area contributed by atoms with Crippen molar-refractivity contribution in [1.29, 1.82) is 0 Å². The van der Waals surface area contributed by atoms with E-state index in [4.69, 9.17) is 4.74 Å². The minimum atomic E-state index is -0.894. The summed E-state index contributed by atoms with van der Waals surface area (Å²) >= 11 is 0. The lowest BCUT2D eigenvalue weighted by Gasteiger charge is -2.38. The lowest BCUT2D eigenvalue weighted by Crippen LogP contribution is -2.43. The summed E-state index contributed by atoms with van der Waals surface area (Å²) in [5.74, 6) is -0.250. The average Bonchev–Trinajstić information content (AvgIpc) is 2.57. The highest BCUT2D eigenvalue weighted by molar-refractivity contribution is 5.34. The Morgan fingerprint density at radius 3 is 2.73 bits per heavy atom. The molecule has 3 rings (SSSR count). The van der Waals surface area contributed by atoms with Gasteiger partial charge in [-0.1, -0.05) is 6.07 Å². The van der Waals surface area contributed by atoms with E-state index >= 15 is 0 Å². The maximum absolute atomic E-state index is 13.4. The predicted octanol–water partition coefficient (Wildman–Crippen LogP) is 1.51. The van der Waals surface area contributed by atoms with Crippen LogP contribution in [0.15, 0.2) is 30.7 Å². The van der Waals surface area contributed by atoms with Crippen LogP contribution in [0.2, 0.25) is 0 Å². The van der Waals surface area contributed by atoms with Gasteiger partial charge in [-0.3, -0.25) is 4.98 Å². The van der Waals surface area contributed by atoms with Crippen molar-refractivity contribution >= 4 is 5.95 Å². The number of pyridine rings is 1. The molecular weight excluding hydrogens is 287 g/mol. The quantitative estimate of drug-likeness (QED) is 0.927. The third-order valence-corrected chi connectivity index (χ3v) is 3.96. The zero-order valence-corrected chi connectivity index (χ0v) is 12.2. The van der Waals surface area contributed by atoms with Crippen molar-refractivity contribution in [2.24, 2.45) is 0 Å². The van der Waals surface area contributed by atoms with Gasteiger partial charge in [-0.25, -0.2) is 4.98 Å². The summed E-state index contributed by atoms with van der Waals surface area (Å²) in [5, 5.41) is 10.8. The molecule has 0 atom stereocenters. The Morgan fingerprint density at radius 2 is 2.09 bits per heavy atom. The first-order chi connectivity index (χ1) is 10.6. The van der Waals surface area contributed by atoms with Crippen molar-refractivity contribution in [3.63, 3.8) is 0 Å². The number of anilines is 1. The van der Waals surface area contributed by atoms with Gasteiger partial charge in [0.1, 0.15) is 0 Å². The van der Waals surface area contributed by atoms with Crippen molar-refractivity contribution < 1.29 is 14.2 Å². The molecule has 0 radical (unpaired) electrons. The van der Waals surface area contributed by atoms with Crippen LogP contribution in [-0.4, -0.2) is 40.3 Å². The fourth-order valence-corrected chi connectivity index (χ4v) is 2.64. The van der Waals surface area contributed by atoms with Crippen LogP contribution in [0.5, 0.6) is 5.88 Å². The SMILES string of the molecule is COc1nc(N2CCC(O)(c3cccnc3)CC2)ncc1F. The average molecular weight is 304 g/mol. The Balaban J connectivity index is 1.74. The van der Waals surface area contributed by atoms with Gasteiger partial charge in [0.2, 0.25) is 11.8 Å². The highest BCUT2D eigenvalue weighted by atomic mass is 19.1. The molecule has 0 spiro atoms. The van der Waals surface area contributed by atoms with Crippen molar-refractivity contribution in [3.05, 3.63) is 42.1 Å². The number of rotatable bonds is 3. The van der Waals surface area contributed by atoms with Gasteiger partial charge in [0.25, 0.3) is 5.88 Å². The van der Waals surface area contributed by atoms with E-state index in [0.717, 1.165) is 11.8 Å². The molecule has 7 heteroatoms. The Hall–Kier alpha value is -2.28. The van der Waals surface area contributed by atoms with Crippen LogP contribution in [0, 0.1) is 5.82 Å². The first kappa shape index (κ1) is 14.6. The summed E-state index contributed by atoms with van der Waals surface area (Å²) in [4.78, 5) is 14.0. The monoisotopic (exact) mass is 304 g/mol. The van der Waals surface area contributed by atoms with Crippen molar-refractivity contribution in [3.8, 4) is 5.88 Å². The number of methoxy groups -OCH3 is 1. The van der Waals surface area contributed by atoms with Gasteiger partial charge >= 0.3 is 0 Å². The van der Waals surface area contributed by atoms with Gasteiger partial charge < -0.3 is 14.7 Å². The molecule has 0 unspecified atom stereocenters. The molecule has 2 aromatic rings. The molecule has 2 aromatic heterocycles. The van der Waals surface area contributed by atoms with Crippen LogP contribution in [0.25, 0.3) is 0 Å². The van der Waals surface area contributed by atoms with Gasteiger partial charge in [-0.05, 0) is 18.9 Å². The first-order valence-electron chi connectivity index (χ1n) is 7.07. The van der Waals surface area contributed by atoms with Crippen LogP contribution in [0.3, 0.4) is 0 Å². The fraction of sp³-hybridized carbons (Fsp3) is 0.400. The van der Waals surface area contributed by atoms with E-state index in [0.29, 0.717) is 31.9 Å². The van der Waals surface area contributed by atoms with Crippen LogP contribution in [0.4, 0.5) is 10.3 Å². The molecule has 0 aliphatic carbocycles. The molecule has 116 valence electrons. The number of hydrogen-bond donors (Lipinski definition) is 1. The number of ether oxygens (including phenoxy) is 1. The maximum Gasteiger partial charge on any atom is 0.255 e. The zero-order valence-electron chi connectivity index (χ0n) is 12.2. The zero-order chi connectivity index (χ0) is 15.6. The third kappa shape index (κ3) is 2.71. The van der Waals surface area contributed by atoms with Crippen LogP contribution in [0.1, 0.15) is 18.4 Å². The van der Waals surface area contributed by atoms with Crippen LogP contribution >= 0.6 is 0 Å². The largest absolute Gasteiger partial charge is 0.479 e. The third-order valence-electron chi connectivity index (χ3n) is 3.96. The standard InChI is InChI=1S/C15H17FN4O2/c1-22-13-12(16)10-18-14(19-13)20-7-4-15(21,5-8-20)11-3-2-6-17-9-11/h2-3,6,9-10,21H,4-5,7-8H2,1H3. The number of nitrogens with zero attached hydrogens (tertiary/aromatic N) is 4. The second-order valence-corrected chi connectivity index (χ2v) is 5.29. The van der Waals surface area contributed by atoms with E-state index in [-0.39, 0.29) is 5.88 Å². The Bertz CT molecular complexity index is 645. The summed E-state index contributed by atoms with van der Waals surface area (Å²) < 4.78 is 18.2. The lowest BCUT2D eigenvalue weighted by atomic mass is 9.85. The molecule has 1 fully saturated rings. The van der Waals surface area contributed by atoms with Gasteiger partial charge in [0.15, 0.2) is 0 Å². The lowest BCUT2D eigenvalue weighted by molar-refractivity contribution is 0.0112. The predicted molar refractivity (Wildman–Crippen MR) is 78.1 cm³/mol. The van der Waals surface area contributed by atoms with Gasteiger partial charge in [0, 0.05) is 31.0 Å². The molecule has 22 heavy (non-hydrogen) atoms. The number of hydrogen-bond acceptors (Lipinski definition) is 6. The Kier molecular flexibility index (Phi) is 3.89. The maximum atomic E-state index is 13.4. The normalized spacial score (nSPS) is 17.3. The highest BCUT2D eigenvalue weighted by Gasteiger charge is 2.35. The molecule has 1 N–H and O–H groups in total. The molecule has 1 aliphatic heterocycles. The summed E-state index contributed by atoms with van der Waals surface area (Å²) in [6, 6.07) is 3.69. The molecule has 0 bridgehead atoms. The number of halogens is 1. The fourth-order valence-electron chi connectivity index (χ4n) is 2.64. The molecule has 6 nitrogen and oxygen atoms in total. The molecule has 3 heterocycles. The Labute approximate surface area is 127 Å². The van der Waals surface area contributed by atoms with Crippen molar-refractivity contribution in [2.45, 2.75) is 18.4 Å². The number of aromatic nitrogens is 3. The van der Waals surface area contributed by atoms with E-state index in [1.165, 1.54) is 7.11 Å². The summed E-state index contributed by atoms with van der Waals surface area (Å²) in [6.45, 7) is 1.14. The van der Waals surface area contributed by atoms with Gasteiger partial charge in [-0.2, -0.15) is 9.37 Å². The van der Waals surface area contributed by atoms with E-state index in [9.17, 15) is 9.50 Å². The van der Waals surface area contributed by atoms with E-state index in [2.05, 4.69) is 15.0 Å². The molecule has 1 aliphatic rings. The topological polar surface area (TPSA) is 71.4 Å². The summed E-state index contributed by atoms with van der Waals surface area (Å²) in [7, 11) is 1.37. The van der Waals surface area contributed by atoms with Gasteiger partial charge in [-0.15, -0.1) is 0 Å². The van der Waals surface area contributed by atoms with Crippen LogP contribution < -0.4 is 9.64 Å². The molecule has 0 saturated carbocycles. The minimum Gasteiger partial charge on any atom is -0.479 e. The minimum absolute atomic E-state index is 0.0712. The Morgan fingerprint density at radius 1 is 1.32 bits per heavy atom. The van der Waals surface area contributed by atoms with E-state index < -0.39 is 11.4 Å². The molecule has 1 saturated heterocycles. The second-order valence-electron chi connectivity index (χ2n) is 5.29. The van der Waals surface area contributed by atoms with Gasteiger partial charge in [0.05, 0.1) is 18.9 Å². The highest BCUT2D eigenvalue weighted by Crippen LogP contribution is 2.33. The van der Waals surface area contributed by atoms with Crippen molar-refractivity contribution in [1.82, 2.24) is 15.0 Å².